The Morgan fingerprint density at radius 1 is 1.11 bits per heavy atom. The Morgan fingerprint density at radius 3 is 2.67 bits per heavy atom. The first kappa shape index (κ1) is 24.6. The lowest BCUT2D eigenvalue weighted by Gasteiger charge is -2.38. The van der Waals surface area contributed by atoms with E-state index in [1.165, 1.54) is 4.88 Å². The molecule has 2 N–H and O–H groups in total. The second-order valence-corrected chi connectivity index (χ2v) is 11.6. The summed E-state index contributed by atoms with van der Waals surface area (Å²) in [6.07, 6.45) is 1.98. The summed E-state index contributed by atoms with van der Waals surface area (Å²) in [6, 6.07) is 19.2. The molecule has 0 fully saturated rings. The Labute approximate surface area is 221 Å². The lowest BCUT2D eigenvalue weighted by molar-refractivity contribution is -0.120. The van der Waals surface area contributed by atoms with Crippen molar-refractivity contribution in [2.24, 2.45) is 5.41 Å². The number of carbonyl (C=O) groups excluding carboxylic acids is 2. The van der Waals surface area contributed by atoms with Gasteiger partial charge < -0.3 is 15.5 Å². The summed E-state index contributed by atoms with van der Waals surface area (Å²) >= 11 is 8.42. The van der Waals surface area contributed by atoms with Crippen molar-refractivity contribution >= 4 is 46.0 Å². The molecule has 2 aromatic carbocycles. The SMILES string of the molecule is CC1(C)CC(=O)C2=C(C1)Nc1ccccc1N(CC(=O)NCCc1cccs1)C2c1ccccc1Cl. The summed E-state index contributed by atoms with van der Waals surface area (Å²) in [6.45, 7) is 4.91. The minimum absolute atomic E-state index is 0.0916. The molecular weight excluding hydrogens is 490 g/mol. The molecule has 5 rings (SSSR count). The Hall–Kier alpha value is -3.09. The normalized spacial score (nSPS) is 18.7. The number of Topliss-reactive ketones (excluding diaryl/α,β-unsaturated/α-hetero) is 1. The molecule has 1 aliphatic heterocycles. The van der Waals surface area contributed by atoms with E-state index in [0.29, 0.717) is 23.6 Å². The quantitative estimate of drug-likeness (QED) is 0.397. The lowest BCUT2D eigenvalue weighted by Crippen LogP contribution is -2.42. The van der Waals surface area contributed by atoms with E-state index in [1.54, 1.807) is 11.3 Å². The standard InChI is InChI=1S/C29H30ClN3O2S/c1-29(2)16-23-27(25(34)17-29)28(20-9-3-4-10-21(20)30)33(24-12-6-5-11-22(24)32-23)18-26(35)31-14-13-19-8-7-15-36-19/h3-12,15,28,32H,13-14,16-18H2,1-2H3,(H,31,35). The highest BCUT2D eigenvalue weighted by atomic mass is 35.5. The van der Waals surface area contributed by atoms with Gasteiger partial charge in [0, 0.05) is 34.1 Å². The zero-order valence-corrected chi connectivity index (χ0v) is 22.1. The second-order valence-electron chi connectivity index (χ2n) is 10.2. The van der Waals surface area contributed by atoms with Crippen molar-refractivity contribution in [3.05, 3.63) is 92.8 Å². The predicted molar refractivity (Wildman–Crippen MR) is 148 cm³/mol. The van der Waals surface area contributed by atoms with E-state index < -0.39 is 6.04 Å². The molecule has 0 saturated carbocycles. The molecule has 2 aliphatic rings. The number of nitrogens with one attached hydrogen (secondary N) is 2. The van der Waals surface area contributed by atoms with Crippen molar-refractivity contribution in [3.8, 4) is 0 Å². The second kappa shape index (κ2) is 10.1. The number of hydrogen-bond donors (Lipinski definition) is 2. The summed E-state index contributed by atoms with van der Waals surface area (Å²) in [5.74, 6) is 0.000584. The van der Waals surface area contributed by atoms with Gasteiger partial charge in [-0.1, -0.05) is 61.8 Å². The monoisotopic (exact) mass is 519 g/mol. The highest BCUT2D eigenvalue weighted by Crippen LogP contribution is 2.49. The molecule has 5 nitrogen and oxygen atoms in total. The van der Waals surface area contributed by atoms with Crippen LogP contribution < -0.4 is 15.5 Å². The van der Waals surface area contributed by atoms with Crippen LogP contribution in [0.5, 0.6) is 0 Å². The van der Waals surface area contributed by atoms with Gasteiger partial charge in [0.25, 0.3) is 0 Å². The fraction of sp³-hybridized carbons (Fsp3) is 0.310. The van der Waals surface area contributed by atoms with E-state index in [2.05, 4.69) is 30.5 Å². The van der Waals surface area contributed by atoms with Crippen molar-refractivity contribution in [2.75, 3.05) is 23.3 Å². The smallest absolute Gasteiger partial charge is 0.239 e. The van der Waals surface area contributed by atoms with Crippen LogP contribution in [0.1, 0.15) is 43.2 Å². The van der Waals surface area contributed by atoms with E-state index in [1.807, 2.05) is 64.9 Å². The first-order chi connectivity index (χ1) is 17.3. The van der Waals surface area contributed by atoms with Gasteiger partial charge in [-0.3, -0.25) is 9.59 Å². The average Bonchev–Trinajstić information content (AvgIpc) is 3.30. The number of benzene rings is 2. The highest BCUT2D eigenvalue weighted by molar-refractivity contribution is 7.09. The number of fused-ring (bicyclic) bond motifs is 1. The summed E-state index contributed by atoms with van der Waals surface area (Å²) in [5.41, 5.74) is 4.04. The molecule has 0 bridgehead atoms. The zero-order valence-electron chi connectivity index (χ0n) is 20.5. The highest BCUT2D eigenvalue weighted by Gasteiger charge is 2.42. The van der Waals surface area contributed by atoms with Gasteiger partial charge in [-0.05, 0) is 53.5 Å². The third kappa shape index (κ3) is 5.06. The molecule has 0 spiro atoms. The molecule has 0 radical (unpaired) electrons. The van der Waals surface area contributed by atoms with Gasteiger partial charge in [0.1, 0.15) is 0 Å². The van der Waals surface area contributed by atoms with Gasteiger partial charge in [-0.15, -0.1) is 11.3 Å². The van der Waals surface area contributed by atoms with E-state index in [4.69, 9.17) is 11.6 Å². The maximum absolute atomic E-state index is 13.7. The molecule has 186 valence electrons. The summed E-state index contributed by atoms with van der Waals surface area (Å²) in [5, 5.41) is 9.27. The molecule has 1 atom stereocenters. The predicted octanol–water partition coefficient (Wildman–Crippen LogP) is 6.38. The van der Waals surface area contributed by atoms with Gasteiger partial charge in [0.15, 0.2) is 5.78 Å². The molecule has 1 amide bonds. The first-order valence-corrected chi connectivity index (χ1v) is 13.5. The molecule has 1 aliphatic carbocycles. The number of para-hydroxylation sites is 2. The van der Waals surface area contributed by atoms with Crippen LogP contribution in [0.3, 0.4) is 0 Å². The lowest BCUT2D eigenvalue weighted by atomic mass is 9.73. The van der Waals surface area contributed by atoms with Gasteiger partial charge in [0.05, 0.1) is 24.0 Å². The number of nitrogens with zero attached hydrogens (tertiary/aromatic N) is 1. The number of thiophene rings is 1. The van der Waals surface area contributed by atoms with E-state index >= 15 is 0 Å². The third-order valence-electron chi connectivity index (χ3n) is 6.79. The largest absolute Gasteiger partial charge is 0.357 e. The summed E-state index contributed by atoms with van der Waals surface area (Å²) < 4.78 is 0. The Balaban J connectivity index is 1.56. The van der Waals surface area contributed by atoms with Gasteiger partial charge in [-0.25, -0.2) is 0 Å². The van der Waals surface area contributed by atoms with Crippen LogP contribution in [0.25, 0.3) is 0 Å². The molecular formula is C29H30ClN3O2S. The number of hydrogen-bond acceptors (Lipinski definition) is 5. The van der Waals surface area contributed by atoms with Crippen LogP contribution >= 0.6 is 22.9 Å². The average molecular weight is 520 g/mol. The van der Waals surface area contributed by atoms with Crippen LogP contribution in [0.2, 0.25) is 5.02 Å². The van der Waals surface area contributed by atoms with Crippen LogP contribution in [0, 0.1) is 5.41 Å². The minimum atomic E-state index is -0.475. The molecule has 0 saturated heterocycles. The van der Waals surface area contributed by atoms with Crippen LogP contribution in [-0.2, 0) is 16.0 Å². The molecule has 1 unspecified atom stereocenters. The number of anilines is 2. The van der Waals surface area contributed by atoms with Crippen molar-refractivity contribution in [1.82, 2.24) is 5.32 Å². The van der Waals surface area contributed by atoms with E-state index in [-0.39, 0.29) is 23.7 Å². The number of ketones is 1. The number of carbonyl (C=O) groups is 2. The van der Waals surface area contributed by atoms with Crippen molar-refractivity contribution in [2.45, 2.75) is 39.2 Å². The van der Waals surface area contributed by atoms with Crippen molar-refractivity contribution in [1.29, 1.82) is 0 Å². The van der Waals surface area contributed by atoms with E-state index in [9.17, 15) is 9.59 Å². The van der Waals surface area contributed by atoms with Crippen molar-refractivity contribution in [3.63, 3.8) is 0 Å². The molecule has 36 heavy (non-hydrogen) atoms. The molecule has 2 heterocycles. The molecule has 1 aromatic heterocycles. The van der Waals surface area contributed by atoms with E-state index in [0.717, 1.165) is 35.5 Å². The number of allylic oxidation sites excluding steroid dienone is 1. The van der Waals surface area contributed by atoms with Crippen LogP contribution in [0.4, 0.5) is 11.4 Å². The number of rotatable bonds is 6. The number of amides is 1. The topological polar surface area (TPSA) is 61.4 Å². The maximum Gasteiger partial charge on any atom is 0.239 e. The van der Waals surface area contributed by atoms with Gasteiger partial charge >= 0.3 is 0 Å². The molecule has 3 aromatic rings. The maximum atomic E-state index is 13.7. The Morgan fingerprint density at radius 2 is 1.89 bits per heavy atom. The summed E-state index contributed by atoms with van der Waals surface area (Å²) in [4.78, 5) is 30.2. The summed E-state index contributed by atoms with van der Waals surface area (Å²) in [7, 11) is 0. The van der Waals surface area contributed by atoms with Crippen LogP contribution in [0.15, 0.2) is 77.3 Å². The van der Waals surface area contributed by atoms with Crippen LogP contribution in [-0.4, -0.2) is 24.8 Å². The zero-order chi connectivity index (χ0) is 25.3. The number of halogens is 1. The van der Waals surface area contributed by atoms with Gasteiger partial charge in [0.2, 0.25) is 5.91 Å². The van der Waals surface area contributed by atoms with Crippen molar-refractivity contribution < 1.29 is 9.59 Å². The molecule has 7 heteroatoms. The Kier molecular flexibility index (Phi) is 6.91. The third-order valence-corrected chi connectivity index (χ3v) is 8.07. The first-order valence-electron chi connectivity index (χ1n) is 12.2. The van der Waals surface area contributed by atoms with Gasteiger partial charge in [-0.2, -0.15) is 0 Å². The minimum Gasteiger partial charge on any atom is -0.357 e. The fourth-order valence-corrected chi connectivity index (χ4v) is 6.19. The Bertz CT molecular complexity index is 1320. The fourth-order valence-electron chi connectivity index (χ4n) is 5.24.